The van der Waals surface area contributed by atoms with Crippen molar-refractivity contribution in [1.29, 1.82) is 0 Å². The summed E-state index contributed by atoms with van der Waals surface area (Å²) < 4.78 is 0. The third-order valence-electron chi connectivity index (χ3n) is 6.97. The van der Waals surface area contributed by atoms with Crippen LogP contribution in [0.1, 0.15) is 59.1 Å². The number of carbonyl (C=O) groups excluding carboxylic acids is 1. The van der Waals surface area contributed by atoms with Gasteiger partial charge in [-0.05, 0) is 83.3 Å². The lowest BCUT2D eigenvalue weighted by Gasteiger charge is -2.24. The Morgan fingerprint density at radius 2 is 0.833 bits per heavy atom. The van der Waals surface area contributed by atoms with Crippen LogP contribution in [-0.4, -0.2) is 5.78 Å². The van der Waals surface area contributed by atoms with E-state index in [-0.39, 0.29) is 17.6 Å². The molecule has 0 spiro atoms. The first-order chi connectivity index (χ1) is 17.5. The van der Waals surface area contributed by atoms with Crippen molar-refractivity contribution in [3.05, 3.63) is 140 Å². The fourth-order valence-electron chi connectivity index (χ4n) is 4.69. The molecule has 0 N–H and O–H groups in total. The van der Waals surface area contributed by atoms with Crippen molar-refractivity contribution in [1.82, 2.24) is 0 Å². The van der Waals surface area contributed by atoms with Crippen LogP contribution in [0, 0.1) is 0 Å². The molecule has 0 heterocycles. The molecule has 0 aliphatic rings. The van der Waals surface area contributed by atoms with Gasteiger partial charge in [0.25, 0.3) is 0 Å². The van der Waals surface area contributed by atoms with Crippen LogP contribution in [0.3, 0.4) is 0 Å². The van der Waals surface area contributed by atoms with Crippen LogP contribution < -0.4 is 0 Å². The zero-order chi connectivity index (χ0) is 25.5. The van der Waals surface area contributed by atoms with Crippen molar-refractivity contribution in [3.63, 3.8) is 0 Å². The number of ketones is 1. The van der Waals surface area contributed by atoms with E-state index < -0.39 is 0 Å². The second-order valence-electron chi connectivity index (χ2n) is 9.36. The Kier molecular flexibility index (Phi) is 9.02. The molecule has 4 aromatic rings. The summed E-state index contributed by atoms with van der Waals surface area (Å²) in [6, 6.07) is 32.7. The summed E-state index contributed by atoms with van der Waals surface area (Å²) in [5, 5.41) is 1.34. The standard InChI is InChI=1S/C33H32Cl2O/c1-3-23-5-9-25(10-6-23)21-31(27-13-17-29(34)18-14-27)33(36)32(28-15-19-30(35)20-16-28)22-26-11-7-24(4-2)8-12-26/h5-20,31-32H,3-4,21-22H2,1-2H3. The molecule has 36 heavy (non-hydrogen) atoms. The van der Waals surface area contributed by atoms with Crippen LogP contribution in [0.2, 0.25) is 10.0 Å². The fourth-order valence-corrected chi connectivity index (χ4v) is 4.94. The molecule has 0 saturated heterocycles. The van der Waals surface area contributed by atoms with E-state index >= 15 is 0 Å². The molecule has 2 unspecified atom stereocenters. The van der Waals surface area contributed by atoms with E-state index in [0.29, 0.717) is 22.9 Å². The fraction of sp³-hybridized carbons (Fsp3) is 0.242. The van der Waals surface area contributed by atoms with Gasteiger partial charge >= 0.3 is 0 Å². The van der Waals surface area contributed by atoms with Crippen LogP contribution >= 0.6 is 23.2 Å². The molecule has 1 nitrogen and oxygen atoms in total. The average Bonchev–Trinajstić information content (AvgIpc) is 2.92. The predicted octanol–water partition coefficient (Wildman–Crippen LogP) is 9.04. The van der Waals surface area contributed by atoms with E-state index in [9.17, 15) is 4.79 Å². The normalized spacial score (nSPS) is 12.8. The number of rotatable bonds is 10. The van der Waals surface area contributed by atoms with Crippen molar-refractivity contribution in [3.8, 4) is 0 Å². The number of carbonyl (C=O) groups is 1. The van der Waals surface area contributed by atoms with Gasteiger partial charge in [-0.15, -0.1) is 0 Å². The van der Waals surface area contributed by atoms with Gasteiger partial charge in [0.05, 0.1) is 0 Å². The van der Waals surface area contributed by atoms with E-state index in [0.717, 1.165) is 35.1 Å². The smallest absolute Gasteiger partial charge is 0.148 e. The number of halogens is 2. The van der Waals surface area contributed by atoms with Crippen LogP contribution in [0.5, 0.6) is 0 Å². The number of Topliss-reactive ketones (excluding diaryl/α,β-unsaturated/α-hetero) is 1. The summed E-state index contributed by atoms with van der Waals surface area (Å²) in [6.45, 7) is 4.30. The maximum Gasteiger partial charge on any atom is 0.148 e. The van der Waals surface area contributed by atoms with E-state index in [1.54, 1.807) is 0 Å². The van der Waals surface area contributed by atoms with Gasteiger partial charge in [0, 0.05) is 21.9 Å². The van der Waals surface area contributed by atoms with E-state index in [4.69, 9.17) is 23.2 Å². The molecule has 0 fully saturated rings. The second-order valence-corrected chi connectivity index (χ2v) is 10.2. The lowest BCUT2D eigenvalue weighted by atomic mass is 9.78. The van der Waals surface area contributed by atoms with E-state index in [1.165, 1.54) is 11.1 Å². The molecule has 4 aromatic carbocycles. The highest BCUT2D eigenvalue weighted by Gasteiger charge is 2.30. The Morgan fingerprint density at radius 3 is 1.14 bits per heavy atom. The third-order valence-corrected chi connectivity index (χ3v) is 7.48. The number of aryl methyl sites for hydroxylation is 2. The molecule has 0 aromatic heterocycles. The van der Waals surface area contributed by atoms with Crippen molar-refractivity contribution >= 4 is 29.0 Å². The topological polar surface area (TPSA) is 17.1 Å². The number of hydrogen-bond acceptors (Lipinski definition) is 1. The minimum absolute atomic E-state index is 0.207. The highest BCUT2D eigenvalue weighted by atomic mass is 35.5. The van der Waals surface area contributed by atoms with E-state index in [2.05, 4.69) is 62.4 Å². The Bertz CT molecular complexity index is 1160. The van der Waals surface area contributed by atoms with Crippen LogP contribution in [0.15, 0.2) is 97.1 Å². The molecule has 4 rings (SSSR count). The molecule has 0 aliphatic carbocycles. The first-order valence-electron chi connectivity index (χ1n) is 12.7. The maximum absolute atomic E-state index is 14.4. The molecule has 0 amide bonds. The third kappa shape index (κ3) is 6.66. The zero-order valence-corrected chi connectivity index (χ0v) is 22.4. The van der Waals surface area contributed by atoms with Gasteiger partial charge in [-0.25, -0.2) is 0 Å². The monoisotopic (exact) mass is 514 g/mol. The zero-order valence-electron chi connectivity index (χ0n) is 20.9. The molecule has 0 radical (unpaired) electrons. The van der Waals surface area contributed by atoms with Gasteiger partial charge < -0.3 is 0 Å². The first-order valence-corrected chi connectivity index (χ1v) is 13.4. The minimum atomic E-state index is -0.287. The Labute approximate surface area is 225 Å². The number of benzene rings is 4. The Balaban J connectivity index is 1.72. The maximum atomic E-state index is 14.4. The summed E-state index contributed by atoms with van der Waals surface area (Å²) in [6.07, 6.45) is 3.28. The van der Waals surface area contributed by atoms with Crippen LogP contribution in [0.25, 0.3) is 0 Å². The molecular weight excluding hydrogens is 483 g/mol. The Morgan fingerprint density at radius 1 is 0.528 bits per heavy atom. The van der Waals surface area contributed by atoms with Crippen LogP contribution in [-0.2, 0) is 30.5 Å². The van der Waals surface area contributed by atoms with Crippen molar-refractivity contribution < 1.29 is 4.79 Å². The van der Waals surface area contributed by atoms with Crippen LogP contribution in [0.4, 0.5) is 0 Å². The first kappa shape index (κ1) is 26.2. The van der Waals surface area contributed by atoms with Gasteiger partial charge in [-0.3, -0.25) is 4.79 Å². The Hall–Kier alpha value is -2.87. The van der Waals surface area contributed by atoms with Gasteiger partial charge in [-0.1, -0.05) is 110 Å². The van der Waals surface area contributed by atoms with Crippen molar-refractivity contribution in [2.75, 3.05) is 0 Å². The quantitative estimate of drug-likeness (QED) is 0.206. The lowest BCUT2D eigenvalue weighted by Crippen LogP contribution is -2.24. The molecule has 0 aliphatic heterocycles. The lowest BCUT2D eigenvalue weighted by molar-refractivity contribution is -0.122. The largest absolute Gasteiger partial charge is 0.298 e. The van der Waals surface area contributed by atoms with Gasteiger partial charge in [0.1, 0.15) is 5.78 Å². The van der Waals surface area contributed by atoms with Crippen molar-refractivity contribution in [2.45, 2.75) is 51.4 Å². The molecule has 0 bridgehead atoms. The van der Waals surface area contributed by atoms with Gasteiger partial charge in [0.15, 0.2) is 0 Å². The summed E-state index contributed by atoms with van der Waals surface area (Å²) in [4.78, 5) is 14.4. The molecule has 2 atom stereocenters. The highest BCUT2D eigenvalue weighted by Crippen LogP contribution is 2.33. The van der Waals surface area contributed by atoms with Gasteiger partial charge in [0.2, 0.25) is 0 Å². The summed E-state index contributed by atoms with van der Waals surface area (Å²) >= 11 is 12.4. The molecule has 0 saturated carbocycles. The van der Waals surface area contributed by atoms with Crippen molar-refractivity contribution in [2.24, 2.45) is 0 Å². The second kappa shape index (κ2) is 12.4. The number of hydrogen-bond donors (Lipinski definition) is 0. The van der Waals surface area contributed by atoms with Gasteiger partial charge in [-0.2, -0.15) is 0 Å². The molecule has 184 valence electrons. The summed E-state index contributed by atoms with van der Waals surface area (Å²) in [5.41, 5.74) is 6.88. The molecule has 3 heteroatoms. The predicted molar refractivity (Wildman–Crippen MR) is 152 cm³/mol. The minimum Gasteiger partial charge on any atom is -0.298 e. The summed E-state index contributed by atoms with van der Waals surface area (Å²) in [5.74, 6) is -0.366. The SMILES string of the molecule is CCc1ccc(CC(C(=O)C(Cc2ccc(CC)cc2)c2ccc(Cl)cc2)c2ccc(Cl)cc2)cc1. The highest BCUT2D eigenvalue weighted by molar-refractivity contribution is 6.30. The van der Waals surface area contributed by atoms with E-state index in [1.807, 2.05) is 48.5 Å². The molecular formula is C33H32Cl2O. The average molecular weight is 516 g/mol. The summed E-state index contributed by atoms with van der Waals surface area (Å²) in [7, 11) is 0.